The zero-order valence-electron chi connectivity index (χ0n) is 18.1. The van der Waals surface area contributed by atoms with Gasteiger partial charge in [0, 0.05) is 13.3 Å². The lowest BCUT2D eigenvalue weighted by molar-refractivity contribution is -0.142. The summed E-state index contributed by atoms with van der Waals surface area (Å²) >= 11 is 0. The van der Waals surface area contributed by atoms with Crippen molar-refractivity contribution in [3.63, 3.8) is 0 Å². The number of benzene rings is 2. The molecule has 0 bridgehead atoms. The van der Waals surface area contributed by atoms with Crippen molar-refractivity contribution in [3.8, 4) is 5.75 Å². The SMILES string of the molecule is CC(=O)N[C@@H](CC(C)C)C(=O)N[C@H](Cc1cccc(OCc2ccccc2)c1)C(=O)O. The number of ether oxygens (including phenoxy) is 1. The first-order valence-electron chi connectivity index (χ1n) is 10.3. The maximum Gasteiger partial charge on any atom is 0.326 e. The van der Waals surface area contributed by atoms with Gasteiger partial charge in [0.1, 0.15) is 24.4 Å². The number of hydrogen-bond donors (Lipinski definition) is 3. The van der Waals surface area contributed by atoms with E-state index in [0.29, 0.717) is 18.8 Å². The number of carboxylic acid groups (broad SMARTS) is 1. The van der Waals surface area contributed by atoms with Gasteiger partial charge in [0.2, 0.25) is 11.8 Å². The van der Waals surface area contributed by atoms with Gasteiger partial charge < -0.3 is 20.5 Å². The maximum atomic E-state index is 12.6. The average molecular weight is 427 g/mol. The fourth-order valence-electron chi connectivity index (χ4n) is 3.16. The van der Waals surface area contributed by atoms with Crippen molar-refractivity contribution in [2.24, 2.45) is 5.92 Å². The van der Waals surface area contributed by atoms with E-state index < -0.39 is 24.0 Å². The fraction of sp³-hybridized carbons (Fsp3) is 0.375. The molecule has 0 saturated heterocycles. The van der Waals surface area contributed by atoms with E-state index in [9.17, 15) is 19.5 Å². The lowest BCUT2D eigenvalue weighted by atomic mass is 10.0. The molecule has 3 N–H and O–H groups in total. The van der Waals surface area contributed by atoms with Crippen molar-refractivity contribution >= 4 is 17.8 Å². The lowest BCUT2D eigenvalue weighted by Gasteiger charge is -2.22. The first-order valence-corrected chi connectivity index (χ1v) is 10.3. The Bertz CT molecular complexity index is 883. The Morgan fingerprint density at radius 1 is 0.935 bits per heavy atom. The summed E-state index contributed by atoms with van der Waals surface area (Å²) in [6.45, 7) is 5.59. The third-order valence-electron chi connectivity index (χ3n) is 4.60. The predicted octanol–water partition coefficient (Wildman–Crippen LogP) is 2.93. The van der Waals surface area contributed by atoms with Crippen molar-refractivity contribution in [3.05, 3.63) is 65.7 Å². The number of carbonyl (C=O) groups excluding carboxylic acids is 2. The van der Waals surface area contributed by atoms with Crippen LogP contribution in [-0.2, 0) is 27.4 Å². The second-order valence-electron chi connectivity index (χ2n) is 7.91. The monoisotopic (exact) mass is 426 g/mol. The molecule has 0 spiro atoms. The fourth-order valence-corrected chi connectivity index (χ4v) is 3.16. The molecule has 166 valence electrons. The normalized spacial score (nSPS) is 12.6. The van der Waals surface area contributed by atoms with E-state index in [1.165, 1.54) is 6.92 Å². The Balaban J connectivity index is 2.04. The standard InChI is InChI=1S/C24H30N2O5/c1-16(2)12-21(25-17(3)27)23(28)26-22(24(29)30)14-19-10-7-11-20(13-19)31-15-18-8-5-4-6-9-18/h4-11,13,16,21-22H,12,14-15H2,1-3H3,(H,25,27)(H,26,28)(H,29,30)/t21-,22+/m0/s1. The first-order chi connectivity index (χ1) is 14.7. The van der Waals surface area contributed by atoms with Crippen LogP contribution < -0.4 is 15.4 Å². The molecular weight excluding hydrogens is 396 g/mol. The molecule has 0 aromatic heterocycles. The highest BCUT2D eigenvalue weighted by atomic mass is 16.5. The summed E-state index contributed by atoms with van der Waals surface area (Å²) in [6.07, 6.45) is 0.513. The highest BCUT2D eigenvalue weighted by Crippen LogP contribution is 2.17. The van der Waals surface area contributed by atoms with Crippen LogP contribution >= 0.6 is 0 Å². The molecule has 31 heavy (non-hydrogen) atoms. The zero-order chi connectivity index (χ0) is 22.8. The van der Waals surface area contributed by atoms with Crippen molar-refractivity contribution < 1.29 is 24.2 Å². The topological polar surface area (TPSA) is 105 Å². The van der Waals surface area contributed by atoms with Crippen LogP contribution in [0.25, 0.3) is 0 Å². The quantitative estimate of drug-likeness (QED) is 0.512. The van der Waals surface area contributed by atoms with Crippen molar-refractivity contribution in [2.45, 2.75) is 52.3 Å². The van der Waals surface area contributed by atoms with Crippen molar-refractivity contribution in [1.82, 2.24) is 10.6 Å². The van der Waals surface area contributed by atoms with E-state index in [0.717, 1.165) is 11.1 Å². The van der Waals surface area contributed by atoms with E-state index in [-0.39, 0.29) is 18.2 Å². The van der Waals surface area contributed by atoms with E-state index >= 15 is 0 Å². The molecule has 0 fully saturated rings. The number of amides is 2. The maximum absolute atomic E-state index is 12.6. The second kappa shape index (κ2) is 11.7. The van der Waals surface area contributed by atoms with Gasteiger partial charge in [0.05, 0.1) is 0 Å². The highest BCUT2D eigenvalue weighted by molar-refractivity contribution is 5.90. The minimum atomic E-state index is -1.14. The number of carbonyl (C=O) groups is 3. The molecule has 7 heteroatoms. The number of aliphatic carboxylic acids is 1. The number of carboxylic acids is 1. The summed E-state index contributed by atoms with van der Waals surface area (Å²) in [5.41, 5.74) is 1.75. The molecule has 2 rings (SSSR count). The molecule has 0 unspecified atom stereocenters. The average Bonchev–Trinajstić information content (AvgIpc) is 2.71. The molecule has 2 aromatic carbocycles. The summed E-state index contributed by atoms with van der Waals surface area (Å²) in [5.74, 6) is -1.21. The van der Waals surface area contributed by atoms with Gasteiger partial charge in [-0.3, -0.25) is 9.59 Å². The predicted molar refractivity (Wildman–Crippen MR) is 118 cm³/mol. The molecule has 0 radical (unpaired) electrons. The van der Waals surface area contributed by atoms with E-state index in [1.807, 2.05) is 44.2 Å². The summed E-state index contributed by atoms with van der Waals surface area (Å²) in [4.78, 5) is 35.8. The van der Waals surface area contributed by atoms with Crippen LogP contribution in [0, 0.1) is 5.92 Å². The van der Waals surface area contributed by atoms with Crippen LogP contribution in [0.5, 0.6) is 5.75 Å². The van der Waals surface area contributed by atoms with Crippen molar-refractivity contribution in [1.29, 1.82) is 0 Å². The van der Waals surface area contributed by atoms with Crippen molar-refractivity contribution in [2.75, 3.05) is 0 Å². The van der Waals surface area contributed by atoms with Crippen LogP contribution in [0.2, 0.25) is 0 Å². The minimum absolute atomic E-state index is 0.0953. The highest BCUT2D eigenvalue weighted by Gasteiger charge is 2.26. The zero-order valence-corrected chi connectivity index (χ0v) is 18.1. The van der Waals surface area contributed by atoms with Gasteiger partial charge in [-0.2, -0.15) is 0 Å². The Hall–Kier alpha value is -3.35. The van der Waals surface area contributed by atoms with Gasteiger partial charge in [-0.15, -0.1) is 0 Å². The lowest BCUT2D eigenvalue weighted by Crippen LogP contribution is -2.52. The van der Waals surface area contributed by atoms with E-state index in [2.05, 4.69) is 10.6 Å². The third-order valence-corrected chi connectivity index (χ3v) is 4.60. The van der Waals surface area contributed by atoms with Crippen LogP contribution in [0.15, 0.2) is 54.6 Å². The Morgan fingerprint density at radius 3 is 2.23 bits per heavy atom. The summed E-state index contributed by atoms with van der Waals surface area (Å²) in [7, 11) is 0. The van der Waals surface area contributed by atoms with Crippen LogP contribution in [0.1, 0.15) is 38.3 Å². The van der Waals surface area contributed by atoms with Gasteiger partial charge in [0.25, 0.3) is 0 Å². The molecule has 2 aromatic rings. The molecule has 0 heterocycles. The number of rotatable bonds is 11. The Kier molecular flexibility index (Phi) is 9.06. The summed E-state index contributed by atoms with van der Waals surface area (Å²) in [5, 5.41) is 14.8. The van der Waals surface area contributed by atoms with E-state index in [4.69, 9.17) is 4.74 Å². The summed E-state index contributed by atoms with van der Waals surface area (Å²) < 4.78 is 5.80. The Labute approximate surface area is 182 Å². The largest absolute Gasteiger partial charge is 0.489 e. The minimum Gasteiger partial charge on any atom is -0.489 e. The second-order valence-corrected chi connectivity index (χ2v) is 7.91. The molecular formula is C24H30N2O5. The Morgan fingerprint density at radius 2 is 1.61 bits per heavy atom. The molecule has 0 aliphatic carbocycles. The van der Waals surface area contributed by atoms with Gasteiger partial charge in [0.15, 0.2) is 0 Å². The van der Waals surface area contributed by atoms with Crippen LogP contribution in [0.4, 0.5) is 0 Å². The number of hydrogen-bond acceptors (Lipinski definition) is 4. The molecule has 0 aliphatic heterocycles. The van der Waals surface area contributed by atoms with Crippen LogP contribution in [-0.4, -0.2) is 35.0 Å². The van der Waals surface area contributed by atoms with Gasteiger partial charge in [-0.05, 0) is 35.6 Å². The number of nitrogens with one attached hydrogen (secondary N) is 2. The third kappa shape index (κ3) is 8.50. The molecule has 7 nitrogen and oxygen atoms in total. The van der Waals surface area contributed by atoms with Gasteiger partial charge >= 0.3 is 5.97 Å². The molecule has 0 saturated carbocycles. The van der Waals surface area contributed by atoms with Gasteiger partial charge in [-0.25, -0.2) is 4.79 Å². The molecule has 0 aliphatic rings. The molecule has 2 amide bonds. The smallest absolute Gasteiger partial charge is 0.326 e. The summed E-state index contributed by atoms with van der Waals surface area (Å²) in [6, 6.07) is 15.0. The first kappa shape index (κ1) is 23.9. The van der Waals surface area contributed by atoms with Crippen LogP contribution in [0.3, 0.4) is 0 Å². The van der Waals surface area contributed by atoms with Gasteiger partial charge in [-0.1, -0.05) is 56.3 Å². The van der Waals surface area contributed by atoms with E-state index in [1.54, 1.807) is 24.3 Å². The molecule has 2 atom stereocenters.